The smallest absolute Gasteiger partial charge is 0.246 e. The van der Waals surface area contributed by atoms with Crippen LogP contribution in [0, 0.1) is 5.41 Å². The molecular formula is C26H34N2O5. The Morgan fingerprint density at radius 2 is 1.82 bits per heavy atom. The quantitative estimate of drug-likeness (QED) is 0.652. The van der Waals surface area contributed by atoms with Gasteiger partial charge in [-0.05, 0) is 68.9 Å². The highest BCUT2D eigenvalue weighted by molar-refractivity contribution is 5.86. The molecule has 6 aliphatic rings. The van der Waals surface area contributed by atoms with E-state index >= 15 is 0 Å². The molecule has 7 rings (SSSR count). The van der Waals surface area contributed by atoms with Gasteiger partial charge in [0.25, 0.3) is 0 Å². The Kier molecular flexibility index (Phi) is 5.37. The van der Waals surface area contributed by atoms with Crippen molar-refractivity contribution in [2.24, 2.45) is 5.41 Å². The highest BCUT2D eigenvalue weighted by Gasteiger charge is 2.57. The minimum Gasteiger partial charge on any atom is -0.492 e. The molecule has 4 fully saturated rings. The molecule has 2 saturated carbocycles. The van der Waals surface area contributed by atoms with Crippen LogP contribution >= 0.6 is 0 Å². The van der Waals surface area contributed by atoms with E-state index in [0.29, 0.717) is 32.3 Å². The van der Waals surface area contributed by atoms with Gasteiger partial charge in [-0.25, -0.2) is 0 Å². The van der Waals surface area contributed by atoms with Gasteiger partial charge in [0.15, 0.2) is 0 Å². The predicted octanol–water partition coefficient (Wildman–Crippen LogP) is 2.78. The lowest BCUT2D eigenvalue weighted by Gasteiger charge is -2.52. The first-order valence-electron chi connectivity index (χ1n) is 12.6. The van der Waals surface area contributed by atoms with Gasteiger partial charge in [-0.2, -0.15) is 0 Å². The summed E-state index contributed by atoms with van der Waals surface area (Å²) in [5.74, 6) is 1.45. The third-order valence-corrected chi connectivity index (χ3v) is 8.61. The summed E-state index contributed by atoms with van der Waals surface area (Å²) in [4.78, 5) is 28.3. The standard InChI is InChI=1S/C26H34N2O5/c29-23-15-31-17-26(27-23)10-3-13-28-22(26)14-32-19-8-6-18(7-9-19)20-4-1-2-5-21(20)33-16-25(11-12-25)24(28)30/h1-2,4-5,18-19,22H,3,6-17H2,(H,27,29)/t18-,19+,22?,26-/m1/s1. The maximum atomic E-state index is 13.9. The van der Waals surface area contributed by atoms with Crippen LogP contribution < -0.4 is 10.1 Å². The summed E-state index contributed by atoms with van der Waals surface area (Å²) < 4.78 is 18.6. The molecule has 0 radical (unpaired) electrons. The fourth-order valence-corrected chi connectivity index (χ4v) is 6.48. The number of fused-ring (bicyclic) bond motifs is 4. The van der Waals surface area contributed by atoms with E-state index in [1.165, 1.54) is 5.56 Å². The number of benzene rings is 1. The molecule has 2 bridgehead atoms. The topological polar surface area (TPSA) is 77.1 Å². The second kappa shape index (κ2) is 8.27. The van der Waals surface area contributed by atoms with E-state index < -0.39 is 11.0 Å². The van der Waals surface area contributed by atoms with E-state index in [0.717, 1.165) is 57.1 Å². The number of piperidine rings is 1. The van der Waals surface area contributed by atoms with Gasteiger partial charge in [0.1, 0.15) is 19.0 Å². The zero-order chi connectivity index (χ0) is 22.5. The van der Waals surface area contributed by atoms with Crippen LogP contribution in [0.5, 0.6) is 5.75 Å². The Hall–Kier alpha value is -2.12. The number of amides is 2. The summed E-state index contributed by atoms with van der Waals surface area (Å²) in [6.07, 6.45) is 7.68. The molecular weight excluding hydrogens is 420 g/mol. The number of rotatable bonds is 0. The third-order valence-electron chi connectivity index (χ3n) is 8.61. The summed E-state index contributed by atoms with van der Waals surface area (Å²) >= 11 is 0. The number of carbonyl (C=O) groups excluding carboxylic acids is 2. The van der Waals surface area contributed by atoms with Crippen LogP contribution in [0.3, 0.4) is 0 Å². The average Bonchev–Trinajstić information content (AvgIpc) is 3.63. The van der Waals surface area contributed by atoms with Crippen LogP contribution in [-0.2, 0) is 19.1 Å². The SMILES string of the molecule is O=C1COC[C@@]2(CCCN3C(=O)C4(CC4)COc4ccccc4[C@H]4CC[C@H](CC4)OCC32)N1. The average molecular weight is 455 g/mol. The number of morpholine rings is 1. The van der Waals surface area contributed by atoms with E-state index in [2.05, 4.69) is 23.5 Å². The summed E-state index contributed by atoms with van der Waals surface area (Å²) in [6, 6.07) is 8.13. The summed E-state index contributed by atoms with van der Waals surface area (Å²) in [6.45, 7) is 2.07. The second-order valence-corrected chi connectivity index (χ2v) is 10.7. The zero-order valence-corrected chi connectivity index (χ0v) is 19.2. The number of para-hydroxylation sites is 1. The Labute approximate surface area is 195 Å². The Morgan fingerprint density at radius 3 is 2.61 bits per heavy atom. The van der Waals surface area contributed by atoms with Crippen molar-refractivity contribution >= 4 is 11.8 Å². The van der Waals surface area contributed by atoms with Gasteiger partial charge in [-0.1, -0.05) is 18.2 Å². The number of hydrogen-bond donors (Lipinski definition) is 1. The van der Waals surface area contributed by atoms with Gasteiger partial charge in [0.05, 0.1) is 36.3 Å². The van der Waals surface area contributed by atoms with Gasteiger partial charge < -0.3 is 24.4 Å². The number of nitrogens with one attached hydrogen (secondary N) is 1. The van der Waals surface area contributed by atoms with Crippen LogP contribution in [-0.4, -0.2) is 67.4 Å². The maximum Gasteiger partial charge on any atom is 0.246 e. The van der Waals surface area contributed by atoms with Crippen molar-refractivity contribution in [3.63, 3.8) is 0 Å². The molecule has 2 atom stereocenters. The molecule has 178 valence electrons. The first kappa shape index (κ1) is 21.4. The normalized spacial score (nSPS) is 35.9. The Morgan fingerprint density at radius 1 is 1.00 bits per heavy atom. The lowest BCUT2D eigenvalue weighted by Crippen LogP contribution is -2.72. The van der Waals surface area contributed by atoms with E-state index in [4.69, 9.17) is 14.2 Å². The van der Waals surface area contributed by atoms with Gasteiger partial charge >= 0.3 is 0 Å². The highest BCUT2D eigenvalue weighted by Crippen LogP contribution is 2.50. The molecule has 4 aliphatic heterocycles. The molecule has 2 spiro atoms. The van der Waals surface area contributed by atoms with Crippen molar-refractivity contribution in [3.05, 3.63) is 29.8 Å². The highest BCUT2D eigenvalue weighted by atomic mass is 16.5. The Bertz CT molecular complexity index is 919. The molecule has 7 nitrogen and oxygen atoms in total. The minimum absolute atomic E-state index is 0.0878. The summed E-state index contributed by atoms with van der Waals surface area (Å²) in [5.41, 5.74) is 0.237. The van der Waals surface area contributed by atoms with Gasteiger partial charge in [0.2, 0.25) is 11.8 Å². The lowest BCUT2D eigenvalue weighted by atomic mass is 9.79. The molecule has 2 saturated heterocycles. The third kappa shape index (κ3) is 3.83. The van der Waals surface area contributed by atoms with Crippen molar-refractivity contribution in [1.82, 2.24) is 10.2 Å². The molecule has 1 aromatic carbocycles. The van der Waals surface area contributed by atoms with Gasteiger partial charge in [0, 0.05) is 6.54 Å². The van der Waals surface area contributed by atoms with Gasteiger partial charge in [-0.15, -0.1) is 0 Å². The monoisotopic (exact) mass is 454 g/mol. The van der Waals surface area contributed by atoms with Crippen LogP contribution in [0.25, 0.3) is 0 Å². The second-order valence-electron chi connectivity index (χ2n) is 10.7. The van der Waals surface area contributed by atoms with E-state index in [9.17, 15) is 9.59 Å². The Balaban J connectivity index is 1.34. The lowest BCUT2D eigenvalue weighted by molar-refractivity contribution is -0.159. The van der Waals surface area contributed by atoms with Crippen molar-refractivity contribution in [2.45, 2.75) is 75.0 Å². The molecule has 2 amide bonds. The van der Waals surface area contributed by atoms with Crippen molar-refractivity contribution in [3.8, 4) is 5.75 Å². The minimum atomic E-state index is -0.568. The predicted molar refractivity (Wildman–Crippen MR) is 121 cm³/mol. The molecule has 1 aromatic rings. The van der Waals surface area contributed by atoms with Crippen LogP contribution in [0.4, 0.5) is 0 Å². The number of ether oxygens (including phenoxy) is 3. The van der Waals surface area contributed by atoms with E-state index in [1.807, 2.05) is 11.0 Å². The molecule has 1 N–H and O–H groups in total. The van der Waals surface area contributed by atoms with Crippen LogP contribution in [0.2, 0.25) is 0 Å². The van der Waals surface area contributed by atoms with Crippen molar-refractivity contribution in [1.29, 1.82) is 0 Å². The van der Waals surface area contributed by atoms with E-state index in [-0.39, 0.29) is 30.6 Å². The molecule has 0 aromatic heterocycles. The zero-order valence-electron chi connectivity index (χ0n) is 19.2. The van der Waals surface area contributed by atoms with E-state index in [1.54, 1.807) is 0 Å². The first-order chi connectivity index (χ1) is 16.1. The number of nitrogens with zero attached hydrogens (tertiary/aromatic N) is 1. The fraction of sp³-hybridized carbons (Fsp3) is 0.692. The molecule has 4 heterocycles. The molecule has 7 heteroatoms. The maximum absolute atomic E-state index is 13.9. The summed E-state index contributed by atoms with van der Waals surface area (Å²) in [7, 11) is 0. The first-order valence-corrected chi connectivity index (χ1v) is 12.6. The molecule has 2 aliphatic carbocycles. The molecule has 1 unspecified atom stereocenters. The van der Waals surface area contributed by atoms with Crippen molar-refractivity contribution in [2.75, 3.05) is 33.0 Å². The number of hydrogen-bond acceptors (Lipinski definition) is 5. The summed E-state index contributed by atoms with van der Waals surface area (Å²) in [5, 5.41) is 3.22. The number of carbonyl (C=O) groups is 2. The van der Waals surface area contributed by atoms with Crippen LogP contribution in [0.15, 0.2) is 24.3 Å². The van der Waals surface area contributed by atoms with Crippen LogP contribution in [0.1, 0.15) is 62.8 Å². The fourth-order valence-electron chi connectivity index (χ4n) is 6.48. The van der Waals surface area contributed by atoms with Crippen molar-refractivity contribution < 1.29 is 23.8 Å². The largest absolute Gasteiger partial charge is 0.492 e. The van der Waals surface area contributed by atoms with Gasteiger partial charge in [-0.3, -0.25) is 9.59 Å². The molecule has 33 heavy (non-hydrogen) atoms.